The van der Waals surface area contributed by atoms with Gasteiger partial charge in [-0.3, -0.25) is 14.2 Å². The van der Waals surface area contributed by atoms with Crippen LogP contribution in [0.25, 0.3) is 11.2 Å². The van der Waals surface area contributed by atoms with Crippen LogP contribution < -0.4 is 16.0 Å². The molecule has 254 valence electrons. The largest absolute Gasteiger partial charge is 0.387 e. The van der Waals surface area contributed by atoms with Gasteiger partial charge in [0.25, 0.3) is 11.8 Å². The van der Waals surface area contributed by atoms with Crippen molar-refractivity contribution in [2.45, 2.75) is 63.1 Å². The van der Waals surface area contributed by atoms with Crippen molar-refractivity contribution >= 4 is 28.8 Å². The minimum atomic E-state index is -1.47. The van der Waals surface area contributed by atoms with E-state index in [1.165, 1.54) is 17.3 Å². The van der Waals surface area contributed by atoms with E-state index >= 15 is 0 Å². The Morgan fingerprint density at radius 1 is 0.917 bits per heavy atom. The number of piperidine rings is 1. The third-order valence-corrected chi connectivity index (χ3v) is 8.98. The van der Waals surface area contributed by atoms with E-state index in [0.717, 1.165) is 43.6 Å². The van der Waals surface area contributed by atoms with Crippen LogP contribution in [-0.2, 0) is 9.53 Å². The predicted molar refractivity (Wildman–Crippen MR) is 180 cm³/mol. The van der Waals surface area contributed by atoms with Crippen LogP contribution in [0.15, 0.2) is 67.0 Å². The van der Waals surface area contributed by atoms with Crippen LogP contribution in [0.5, 0.6) is 0 Å². The molecule has 0 bridgehead atoms. The minimum Gasteiger partial charge on any atom is -0.387 e. The van der Waals surface area contributed by atoms with Gasteiger partial charge in [0.15, 0.2) is 29.3 Å². The lowest BCUT2D eigenvalue weighted by Gasteiger charge is -2.26. The summed E-state index contributed by atoms with van der Waals surface area (Å²) >= 11 is 0. The number of rotatable bonds is 13. The van der Waals surface area contributed by atoms with Gasteiger partial charge in [-0.05, 0) is 43.5 Å². The van der Waals surface area contributed by atoms with Crippen LogP contribution >= 0.6 is 0 Å². The SMILES string of the molecule is CCCNC(=O)[C@H]1O[C@@H](n2cnc3c(NCC(c4ccccc4)c4ccccc4)nc(C(=O)NCCN4CCCCC4)nc32)[C@@H](O)[C@@H]1O. The number of benzene rings is 2. The number of amides is 2. The summed E-state index contributed by atoms with van der Waals surface area (Å²) in [5.41, 5.74) is 2.78. The molecule has 4 atom stereocenters. The Morgan fingerprint density at radius 2 is 1.60 bits per heavy atom. The summed E-state index contributed by atoms with van der Waals surface area (Å²) in [6, 6.07) is 20.2. The van der Waals surface area contributed by atoms with Gasteiger partial charge in [-0.15, -0.1) is 0 Å². The lowest BCUT2D eigenvalue weighted by Crippen LogP contribution is -2.42. The smallest absolute Gasteiger partial charge is 0.289 e. The molecule has 48 heavy (non-hydrogen) atoms. The number of ether oxygens (including phenoxy) is 1. The highest BCUT2D eigenvalue weighted by Crippen LogP contribution is 2.33. The number of aliphatic hydroxyl groups is 2. The molecule has 13 nitrogen and oxygen atoms in total. The standard InChI is InChI=1S/C35H44N8O5/c1-2-16-36-33(46)29-27(44)28(45)35(48-29)43-22-39-26-30(38-21-25(23-12-6-3-7-13-23)24-14-8-4-9-15-24)40-31(41-32(26)43)34(47)37-17-20-42-18-10-5-11-19-42/h3-4,6-9,12-15,22,25,27-29,35,44-45H,2,5,10-11,16-21H2,1H3,(H,36,46)(H,37,47)(H,38,40,41)/t27-,28-,29-,35+/m0/s1. The highest BCUT2D eigenvalue weighted by Gasteiger charge is 2.47. The summed E-state index contributed by atoms with van der Waals surface area (Å²) in [4.78, 5) is 42.3. The van der Waals surface area contributed by atoms with Crippen LogP contribution in [0.3, 0.4) is 0 Å². The molecule has 13 heteroatoms. The average molecular weight is 657 g/mol. The zero-order chi connectivity index (χ0) is 33.5. The number of hydrogen-bond donors (Lipinski definition) is 5. The van der Waals surface area contributed by atoms with Crippen LogP contribution in [-0.4, -0.2) is 104 Å². The maximum atomic E-state index is 13.5. The first kappa shape index (κ1) is 33.5. The van der Waals surface area contributed by atoms with Crippen molar-refractivity contribution in [3.05, 3.63) is 83.9 Å². The van der Waals surface area contributed by atoms with E-state index in [9.17, 15) is 19.8 Å². The van der Waals surface area contributed by atoms with Gasteiger partial charge in [-0.25, -0.2) is 15.0 Å². The van der Waals surface area contributed by atoms with Crippen LogP contribution in [0.4, 0.5) is 5.82 Å². The van der Waals surface area contributed by atoms with Gasteiger partial charge >= 0.3 is 0 Å². The third-order valence-electron chi connectivity index (χ3n) is 8.98. The van der Waals surface area contributed by atoms with Gasteiger partial charge in [0.1, 0.15) is 12.2 Å². The quantitative estimate of drug-likeness (QED) is 0.144. The number of carbonyl (C=O) groups excluding carboxylic acids is 2. The highest BCUT2D eigenvalue weighted by molar-refractivity contribution is 5.94. The van der Waals surface area contributed by atoms with Gasteiger partial charge in [0.05, 0.1) is 6.33 Å². The molecule has 0 unspecified atom stereocenters. The molecule has 0 saturated carbocycles. The van der Waals surface area contributed by atoms with Gasteiger partial charge in [0.2, 0.25) is 5.82 Å². The summed E-state index contributed by atoms with van der Waals surface area (Å²) in [6.07, 6.45) is 0.280. The van der Waals surface area contributed by atoms with Crippen molar-refractivity contribution in [2.24, 2.45) is 0 Å². The molecule has 2 fully saturated rings. The van der Waals surface area contributed by atoms with Gasteiger partial charge in [-0.2, -0.15) is 0 Å². The van der Waals surface area contributed by atoms with E-state index < -0.39 is 36.4 Å². The molecule has 2 aromatic heterocycles. The van der Waals surface area contributed by atoms with E-state index in [0.29, 0.717) is 37.4 Å². The van der Waals surface area contributed by atoms with Crippen molar-refractivity contribution in [1.29, 1.82) is 0 Å². The average Bonchev–Trinajstić information content (AvgIpc) is 3.68. The van der Waals surface area contributed by atoms with Crippen molar-refractivity contribution < 1.29 is 24.5 Å². The molecular weight excluding hydrogens is 612 g/mol. The lowest BCUT2D eigenvalue weighted by molar-refractivity contribution is -0.137. The lowest BCUT2D eigenvalue weighted by atomic mass is 9.91. The van der Waals surface area contributed by atoms with E-state index in [2.05, 4.69) is 60.1 Å². The number of likely N-dealkylation sites (tertiary alicyclic amines) is 1. The number of carbonyl (C=O) groups is 2. The minimum absolute atomic E-state index is 0.0427. The Kier molecular flexibility index (Phi) is 10.9. The van der Waals surface area contributed by atoms with Crippen molar-refractivity contribution in [2.75, 3.05) is 44.6 Å². The van der Waals surface area contributed by atoms with E-state index in [1.807, 2.05) is 43.3 Å². The molecule has 5 N–H and O–H groups in total. The zero-order valence-electron chi connectivity index (χ0n) is 27.2. The molecule has 4 heterocycles. The Labute approximate surface area is 279 Å². The maximum absolute atomic E-state index is 13.5. The second kappa shape index (κ2) is 15.6. The monoisotopic (exact) mass is 656 g/mol. The second-order valence-electron chi connectivity index (χ2n) is 12.4. The molecule has 2 aliphatic heterocycles. The summed E-state index contributed by atoms with van der Waals surface area (Å²) in [7, 11) is 0. The van der Waals surface area contributed by atoms with Crippen molar-refractivity contribution in [3.8, 4) is 0 Å². The first-order valence-corrected chi connectivity index (χ1v) is 16.8. The number of anilines is 1. The number of aromatic nitrogens is 4. The Morgan fingerprint density at radius 3 is 2.27 bits per heavy atom. The molecule has 6 rings (SSSR count). The van der Waals surface area contributed by atoms with Gasteiger partial charge in [0, 0.05) is 32.1 Å². The molecule has 2 aromatic carbocycles. The van der Waals surface area contributed by atoms with E-state index in [-0.39, 0.29) is 17.4 Å². The Hall–Kier alpha value is -4.43. The zero-order valence-corrected chi connectivity index (χ0v) is 27.2. The van der Waals surface area contributed by atoms with Crippen molar-refractivity contribution in [3.63, 3.8) is 0 Å². The molecule has 0 spiro atoms. The third kappa shape index (κ3) is 7.49. The number of nitrogens with zero attached hydrogens (tertiary/aromatic N) is 5. The molecule has 2 saturated heterocycles. The topological polar surface area (TPSA) is 167 Å². The molecule has 0 radical (unpaired) electrons. The predicted octanol–water partition coefficient (Wildman–Crippen LogP) is 2.43. The Balaban J connectivity index is 1.30. The highest BCUT2D eigenvalue weighted by atomic mass is 16.6. The molecular formula is C35H44N8O5. The summed E-state index contributed by atoms with van der Waals surface area (Å²) in [5, 5.41) is 30.8. The first-order chi connectivity index (χ1) is 23.4. The number of nitrogens with one attached hydrogen (secondary N) is 3. The summed E-state index contributed by atoms with van der Waals surface area (Å²) in [6.45, 7) is 5.96. The number of aliphatic hydroxyl groups excluding tert-OH is 2. The van der Waals surface area contributed by atoms with Crippen LogP contribution in [0.2, 0.25) is 0 Å². The second-order valence-corrected chi connectivity index (χ2v) is 12.4. The number of imidazole rings is 1. The normalized spacial score (nSPS) is 21.4. The summed E-state index contributed by atoms with van der Waals surface area (Å²) < 4.78 is 7.35. The number of fused-ring (bicyclic) bond motifs is 1. The van der Waals surface area contributed by atoms with E-state index in [1.54, 1.807) is 0 Å². The molecule has 4 aromatic rings. The van der Waals surface area contributed by atoms with E-state index in [4.69, 9.17) is 4.74 Å². The van der Waals surface area contributed by atoms with Crippen molar-refractivity contribution in [1.82, 2.24) is 35.1 Å². The molecule has 2 aliphatic rings. The van der Waals surface area contributed by atoms with Gasteiger partial charge < -0.3 is 35.8 Å². The first-order valence-electron chi connectivity index (χ1n) is 16.8. The van der Waals surface area contributed by atoms with Crippen LogP contribution in [0.1, 0.15) is 66.5 Å². The fourth-order valence-corrected chi connectivity index (χ4v) is 6.37. The fourth-order valence-electron chi connectivity index (χ4n) is 6.37. The van der Waals surface area contributed by atoms with Crippen LogP contribution in [0, 0.1) is 0 Å². The molecule has 2 amide bonds. The summed E-state index contributed by atoms with van der Waals surface area (Å²) in [5.74, 6) is -0.751. The Bertz CT molecular complexity index is 1620. The maximum Gasteiger partial charge on any atom is 0.289 e. The fraction of sp³-hybridized carbons (Fsp3) is 0.457. The molecule has 0 aliphatic carbocycles. The number of hydrogen-bond acceptors (Lipinski definition) is 10. The van der Waals surface area contributed by atoms with Gasteiger partial charge in [-0.1, -0.05) is 74.0 Å².